The number of nitrogens with one attached hydrogen (secondary N) is 1. The third-order valence-electron chi connectivity index (χ3n) is 7.20. The molecule has 10 nitrogen and oxygen atoms in total. The summed E-state index contributed by atoms with van der Waals surface area (Å²) in [7, 11) is 1.54. The first-order chi connectivity index (χ1) is 20.7. The molecule has 3 aromatic rings. The number of methoxy groups -OCH3 is 1. The second-order valence-electron chi connectivity index (χ2n) is 10.9. The number of rotatable bonds is 9. The molecule has 2 aliphatic rings. The molecular weight excluding hydrogens is 585 g/mol. The molecule has 1 amide bonds. The van der Waals surface area contributed by atoms with Crippen LogP contribution in [0, 0.1) is 16.7 Å². The van der Waals surface area contributed by atoms with E-state index < -0.39 is 5.92 Å². The van der Waals surface area contributed by atoms with E-state index in [1.165, 1.54) is 23.1 Å². The molecule has 43 heavy (non-hydrogen) atoms. The third-order valence-corrected chi connectivity index (χ3v) is 9.24. The summed E-state index contributed by atoms with van der Waals surface area (Å²) >= 11 is 2.48. The van der Waals surface area contributed by atoms with Crippen molar-refractivity contribution < 1.29 is 19.1 Å². The Bertz CT molecular complexity index is 1650. The van der Waals surface area contributed by atoms with E-state index in [1.54, 1.807) is 24.1 Å². The average molecular weight is 617 g/mol. The maximum absolute atomic E-state index is 13.7. The second kappa shape index (κ2) is 12.5. The standard InChI is InChI=1S/C31H32N6O4S2/c1-5-41-19-12-10-18(11-13-19)26-20(16-32)28(33)37(22-14-31(2,3)15-23(38)27(22)26)29-35-36-30(43-29)42-17-25(39)34-21-8-6-7-9-24(21)40-4/h6-13,26H,5,14-15,17,33H2,1-4H3,(H,34,39). The van der Waals surface area contributed by atoms with E-state index in [4.69, 9.17) is 15.2 Å². The first kappa shape index (κ1) is 30.1. The van der Waals surface area contributed by atoms with Gasteiger partial charge in [0, 0.05) is 17.7 Å². The molecule has 0 saturated carbocycles. The van der Waals surface area contributed by atoms with Gasteiger partial charge in [0.25, 0.3) is 0 Å². The number of nitrogens with two attached hydrogens (primary N) is 1. The van der Waals surface area contributed by atoms with Crippen molar-refractivity contribution in [1.29, 1.82) is 5.26 Å². The zero-order chi connectivity index (χ0) is 30.7. The summed E-state index contributed by atoms with van der Waals surface area (Å²) in [4.78, 5) is 28.1. The number of hydrogen-bond donors (Lipinski definition) is 2. The molecule has 0 fully saturated rings. The van der Waals surface area contributed by atoms with Gasteiger partial charge in [0.2, 0.25) is 11.0 Å². The van der Waals surface area contributed by atoms with Crippen LogP contribution in [0.2, 0.25) is 0 Å². The molecule has 3 N–H and O–H groups in total. The van der Waals surface area contributed by atoms with Gasteiger partial charge in [-0.05, 0) is 48.6 Å². The third kappa shape index (κ3) is 6.23. The Balaban J connectivity index is 1.45. The van der Waals surface area contributed by atoms with Crippen LogP contribution in [0.1, 0.15) is 45.1 Å². The van der Waals surface area contributed by atoms with Crippen LogP contribution in [0.15, 0.2) is 75.5 Å². The number of thioether (sulfide) groups is 1. The Hall–Kier alpha value is -4.34. The van der Waals surface area contributed by atoms with Gasteiger partial charge in [0.05, 0.1) is 42.7 Å². The molecule has 222 valence electrons. The van der Waals surface area contributed by atoms with Gasteiger partial charge in [-0.1, -0.05) is 61.2 Å². The lowest BCUT2D eigenvalue weighted by molar-refractivity contribution is -0.118. The first-order valence-corrected chi connectivity index (χ1v) is 15.5. The average Bonchev–Trinajstić information content (AvgIpc) is 3.44. The fourth-order valence-corrected chi connectivity index (χ4v) is 7.08. The number of allylic oxidation sites excluding steroid dienone is 3. The highest BCUT2D eigenvalue weighted by Gasteiger charge is 2.45. The largest absolute Gasteiger partial charge is 0.495 e. The highest BCUT2D eigenvalue weighted by molar-refractivity contribution is 8.01. The topological polar surface area (TPSA) is 143 Å². The van der Waals surface area contributed by atoms with Crippen molar-refractivity contribution in [3.8, 4) is 17.6 Å². The van der Waals surface area contributed by atoms with E-state index in [1.807, 2.05) is 57.2 Å². The Morgan fingerprint density at radius 2 is 1.95 bits per heavy atom. The number of nitrogens with zero attached hydrogens (tertiary/aromatic N) is 4. The van der Waals surface area contributed by atoms with Crippen LogP contribution in [0.3, 0.4) is 0 Å². The number of amides is 1. The quantitative estimate of drug-likeness (QED) is 0.291. The Morgan fingerprint density at radius 1 is 1.21 bits per heavy atom. The van der Waals surface area contributed by atoms with Crippen LogP contribution in [0.5, 0.6) is 11.5 Å². The lowest BCUT2D eigenvalue weighted by atomic mass is 9.68. The minimum absolute atomic E-state index is 0.0255. The number of hydrogen-bond acceptors (Lipinski definition) is 11. The molecular formula is C31H32N6O4S2. The van der Waals surface area contributed by atoms with Crippen LogP contribution >= 0.6 is 23.1 Å². The minimum Gasteiger partial charge on any atom is -0.495 e. The fourth-order valence-electron chi connectivity index (χ4n) is 5.40. The maximum Gasteiger partial charge on any atom is 0.234 e. The number of para-hydroxylation sites is 2. The van der Waals surface area contributed by atoms with Gasteiger partial charge < -0.3 is 20.5 Å². The Kier molecular flexibility index (Phi) is 8.75. The summed E-state index contributed by atoms with van der Waals surface area (Å²) in [6, 6.07) is 16.9. The van der Waals surface area contributed by atoms with Gasteiger partial charge in [-0.2, -0.15) is 5.26 Å². The second-order valence-corrected chi connectivity index (χ2v) is 13.0. The van der Waals surface area contributed by atoms with Gasteiger partial charge in [0.15, 0.2) is 10.1 Å². The number of Topliss-reactive ketones (excluding diaryl/α,β-unsaturated/α-hetero) is 1. The van der Waals surface area contributed by atoms with Crippen LogP contribution in [-0.4, -0.2) is 41.4 Å². The fraction of sp³-hybridized carbons (Fsp3) is 0.323. The molecule has 2 aromatic carbocycles. The molecule has 0 spiro atoms. The molecule has 1 atom stereocenters. The molecule has 0 radical (unpaired) electrons. The van der Waals surface area contributed by atoms with Crippen molar-refractivity contribution in [3.05, 3.63) is 76.8 Å². The van der Waals surface area contributed by atoms with Gasteiger partial charge in [-0.15, -0.1) is 10.2 Å². The monoisotopic (exact) mass is 616 g/mol. The summed E-state index contributed by atoms with van der Waals surface area (Å²) in [5.74, 6) is 0.738. The molecule has 5 rings (SSSR count). The van der Waals surface area contributed by atoms with Crippen LogP contribution in [-0.2, 0) is 9.59 Å². The highest BCUT2D eigenvalue weighted by atomic mass is 32.2. The van der Waals surface area contributed by atoms with Crippen molar-refractivity contribution >= 4 is 45.6 Å². The number of ketones is 1. The Morgan fingerprint density at radius 3 is 2.65 bits per heavy atom. The Labute approximate surface area is 258 Å². The number of ether oxygens (including phenoxy) is 2. The van der Waals surface area contributed by atoms with E-state index >= 15 is 0 Å². The molecule has 0 saturated heterocycles. The van der Waals surface area contributed by atoms with Crippen molar-refractivity contribution in [2.45, 2.75) is 43.9 Å². The summed E-state index contributed by atoms with van der Waals surface area (Å²) in [6.07, 6.45) is 0.911. The van der Waals surface area contributed by atoms with Crippen molar-refractivity contribution in [1.82, 2.24) is 10.2 Å². The maximum atomic E-state index is 13.7. The van der Waals surface area contributed by atoms with Gasteiger partial charge in [0.1, 0.15) is 17.3 Å². The lowest BCUT2D eigenvalue weighted by Gasteiger charge is -2.42. The van der Waals surface area contributed by atoms with Gasteiger partial charge in [-0.25, -0.2) is 0 Å². The summed E-state index contributed by atoms with van der Waals surface area (Å²) < 4.78 is 11.4. The molecule has 1 aliphatic heterocycles. The van der Waals surface area contributed by atoms with Gasteiger partial charge in [-0.3, -0.25) is 14.5 Å². The first-order valence-electron chi connectivity index (χ1n) is 13.7. The summed E-state index contributed by atoms with van der Waals surface area (Å²) in [6.45, 7) is 6.53. The molecule has 1 unspecified atom stereocenters. The summed E-state index contributed by atoms with van der Waals surface area (Å²) in [5.41, 5.74) is 9.32. The number of anilines is 2. The number of carbonyl (C=O) groups is 2. The smallest absolute Gasteiger partial charge is 0.234 e. The van der Waals surface area contributed by atoms with Crippen LogP contribution in [0.25, 0.3) is 0 Å². The molecule has 2 heterocycles. The van der Waals surface area contributed by atoms with Crippen molar-refractivity contribution in [2.75, 3.05) is 29.7 Å². The van der Waals surface area contributed by atoms with E-state index in [2.05, 4.69) is 21.6 Å². The number of carbonyl (C=O) groups excluding carboxylic acids is 2. The van der Waals surface area contributed by atoms with Gasteiger partial charge >= 0.3 is 0 Å². The van der Waals surface area contributed by atoms with E-state index in [9.17, 15) is 14.9 Å². The molecule has 12 heteroatoms. The molecule has 0 bridgehead atoms. The number of benzene rings is 2. The SMILES string of the molecule is CCOc1ccc(C2C(C#N)=C(N)N(c3nnc(SCC(=O)Nc4ccccc4OC)s3)C3=C2C(=O)CC(C)(C)C3)cc1. The van der Waals surface area contributed by atoms with Crippen LogP contribution < -0.4 is 25.4 Å². The summed E-state index contributed by atoms with van der Waals surface area (Å²) in [5, 5.41) is 22.3. The number of aromatic nitrogens is 2. The zero-order valence-corrected chi connectivity index (χ0v) is 26.0. The van der Waals surface area contributed by atoms with Crippen molar-refractivity contribution in [3.63, 3.8) is 0 Å². The lowest BCUT2D eigenvalue weighted by Crippen LogP contribution is -2.42. The van der Waals surface area contributed by atoms with E-state index in [0.29, 0.717) is 51.7 Å². The number of nitriles is 1. The van der Waals surface area contributed by atoms with Crippen LogP contribution in [0.4, 0.5) is 10.8 Å². The minimum atomic E-state index is -0.601. The molecule has 1 aliphatic carbocycles. The zero-order valence-electron chi connectivity index (χ0n) is 24.3. The predicted octanol–water partition coefficient (Wildman–Crippen LogP) is 5.62. The van der Waals surface area contributed by atoms with Crippen molar-refractivity contribution in [2.24, 2.45) is 11.1 Å². The predicted molar refractivity (Wildman–Crippen MR) is 167 cm³/mol. The highest BCUT2D eigenvalue weighted by Crippen LogP contribution is 2.50. The normalized spacial score (nSPS) is 17.8. The van der Waals surface area contributed by atoms with E-state index in [0.717, 1.165) is 11.3 Å². The van der Waals surface area contributed by atoms with E-state index in [-0.39, 0.29) is 34.3 Å². The molecule has 1 aromatic heterocycles.